The van der Waals surface area contributed by atoms with Gasteiger partial charge in [0.15, 0.2) is 23.0 Å². The molecule has 206 valence electrons. The van der Waals surface area contributed by atoms with Gasteiger partial charge in [0.1, 0.15) is 0 Å². The molecule has 0 fully saturated rings. The van der Waals surface area contributed by atoms with Gasteiger partial charge >= 0.3 is 0 Å². The number of benzene rings is 3. The van der Waals surface area contributed by atoms with Crippen LogP contribution in [0.3, 0.4) is 0 Å². The van der Waals surface area contributed by atoms with Crippen molar-refractivity contribution in [1.29, 1.82) is 0 Å². The lowest BCUT2D eigenvalue weighted by Crippen LogP contribution is -2.33. The van der Waals surface area contributed by atoms with Crippen LogP contribution in [0, 0.1) is 0 Å². The van der Waals surface area contributed by atoms with Gasteiger partial charge in [-0.05, 0) is 78.9 Å². The Labute approximate surface area is 228 Å². The molecule has 9 nitrogen and oxygen atoms in total. The summed E-state index contributed by atoms with van der Waals surface area (Å²) in [5.74, 6) is 1.70. The van der Waals surface area contributed by atoms with Gasteiger partial charge in [-0.2, -0.15) is 0 Å². The number of carbonyl (C=O) groups is 2. The molecule has 39 heavy (non-hydrogen) atoms. The Morgan fingerprint density at radius 2 is 1.54 bits per heavy atom. The second kappa shape index (κ2) is 12.4. The Bertz CT molecular complexity index is 1330. The monoisotopic (exact) mass is 533 g/mol. The summed E-state index contributed by atoms with van der Waals surface area (Å²) < 4.78 is 21.8. The zero-order valence-corrected chi connectivity index (χ0v) is 22.8. The third kappa shape index (κ3) is 6.03. The number of hydrogen-bond donors (Lipinski definition) is 2. The van der Waals surface area contributed by atoms with E-state index in [1.165, 1.54) is 0 Å². The Morgan fingerprint density at radius 3 is 2.21 bits per heavy atom. The first-order valence-corrected chi connectivity index (χ1v) is 12.8. The third-order valence-corrected chi connectivity index (χ3v) is 6.99. The highest BCUT2D eigenvalue weighted by Crippen LogP contribution is 2.37. The molecule has 1 unspecified atom stereocenters. The zero-order valence-electron chi connectivity index (χ0n) is 22.8. The van der Waals surface area contributed by atoms with Crippen molar-refractivity contribution in [2.75, 3.05) is 52.2 Å². The Balaban J connectivity index is 1.62. The summed E-state index contributed by atoms with van der Waals surface area (Å²) in [6.07, 6.45) is 1.80. The Kier molecular flexibility index (Phi) is 8.81. The molecule has 1 heterocycles. The fourth-order valence-electron chi connectivity index (χ4n) is 4.92. The summed E-state index contributed by atoms with van der Waals surface area (Å²) in [6, 6.07) is 16.0. The van der Waals surface area contributed by atoms with Crippen molar-refractivity contribution in [2.45, 2.75) is 25.2 Å². The third-order valence-electron chi connectivity index (χ3n) is 6.99. The van der Waals surface area contributed by atoms with E-state index in [4.69, 9.17) is 24.7 Å². The van der Waals surface area contributed by atoms with E-state index in [9.17, 15) is 9.59 Å². The predicted molar refractivity (Wildman–Crippen MR) is 150 cm³/mol. The van der Waals surface area contributed by atoms with Crippen LogP contribution in [0.1, 0.15) is 40.2 Å². The van der Waals surface area contributed by atoms with Crippen LogP contribution in [0.2, 0.25) is 0 Å². The number of nitrogens with two attached hydrogens (primary N) is 1. The van der Waals surface area contributed by atoms with Crippen molar-refractivity contribution in [3.63, 3.8) is 0 Å². The molecule has 3 aromatic rings. The van der Waals surface area contributed by atoms with E-state index in [2.05, 4.69) is 5.32 Å². The number of fused-ring (bicyclic) bond motifs is 1. The summed E-state index contributed by atoms with van der Waals surface area (Å²) in [7, 11) is 6.30. The van der Waals surface area contributed by atoms with Crippen molar-refractivity contribution < 1.29 is 28.5 Å². The maximum absolute atomic E-state index is 13.7. The van der Waals surface area contributed by atoms with Crippen LogP contribution in [0.4, 0.5) is 11.4 Å². The number of amides is 2. The zero-order chi connectivity index (χ0) is 27.9. The molecule has 1 atom stereocenters. The summed E-state index contributed by atoms with van der Waals surface area (Å²) >= 11 is 0. The summed E-state index contributed by atoms with van der Waals surface area (Å²) in [5, 5.41) is 3.02. The van der Waals surface area contributed by atoms with Crippen LogP contribution in [0.5, 0.6) is 23.0 Å². The number of methoxy groups -OCH3 is 4. The number of carbonyl (C=O) groups excluding carboxylic acids is 2. The molecule has 1 aliphatic rings. The van der Waals surface area contributed by atoms with Gasteiger partial charge < -0.3 is 34.9 Å². The number of nitrogen functional groups attached to an aromatic ring is 1. The van der Waals surface area contributed by atoms with Gasteiger partial charge in [-0.1, -0.05) is 0 Å². The van der Waals surface area contributed by atoms with Crippen LogP contribution in [-0.2, 0) is 11.2 Å². The van der Waals surface area contributed by atoms with Crippen LogP contribution in [0.15, 0.2) is 54.6 Å². The molecular formula is C30H35N3O6. The second-order valence-corrected chi connectivity index (χ2v) is 9.26. The minimum atomic E-state index is -0.388. The lowest BCUT2D eigenvalue weighted by atomic mass is 9.89. The fraction of sp³-hybridized carbons (Fsp3) is 0.333. The first-order valence-electron chi connectivity index (χ1n) is 12.8. The topological polar surface area (TPSA) is 112 Å². The van der Waals surface area contributed by atoms with Gasteiger partial charge in [-0.15, -0.1) is 0 Å². The fourth-order valence-corrected chi connectivity index (χ4v) is 4.92. The molecule has 2 amide bonds. The molecule has 0 bridgehead atoms. The predicted octanol–water partition coefficient (Wildman–Crippen LogP) is 4.19. The minimum Gasteiger partial charge on any atom is -0.493 e. The van der Waals surface area contributed by atoms with Gasteiger partial charge in [-0.3, -0.25) is 9.59 Å². The van der Waals surface area contributed by atoms with Crippen molar-refractivity contribution >= 4 is 23.2 Å². The second-order valence-electron chi connectivity index (χ2n) is 9.26. The standard InChI is InChI=1S/C30H35N3O6/c1-36-25-12-11-22(17-27(25)38-3)33(30(35)19-7-9-21(31)10-8-19)15-5-6-23-24-18-28(39-4)26(37-2)16-20(24)13-14-32-29(23)34/h7-12,16-18,23H,5-6,13-15,31H2,1-4H3,(H,32,34). The molecule has 3 aromatic carbocycles. The first-order chi connectivity index (χ1) is 18.9. The summed E-state index contributed by atoms with van der Waals surface area (Å²) in [5.41, 5.74) is 9.55. The molecule has 0 aliphatic carbocycles. The van der Waals surface area contributed by atoms with Crippen LogP contribution in [0.25, 0.3) is 0 Å². The molecule has 1 aliphatic heterocycles. The summed E-state index contributed by atoms with van der Waals surface area (Å²) in [4.78, 5) is 28.5. The molecule has 0 spiro atoms. The number of nitrogens with one attached hydrogen (secondary N) is 1. The quantitative estimate of drug-likeness (QED) is 0.376. The average molecular weight is 534 g/mol. The van der Waals surface area contributed by atoms with Gasteiger partial charge in [-0.25, -0.2) is 0 Å². The molecule has 0 saturated heterocycles. The highest BCUT2D eigenvalue weighted by molar-refractivity contribution is 6.06. The maximum Gasteiger partial charge on any atom is 0.258 e. The highest BCUT2D eigenvalue weighted by Gasteiger charge is 2.28. The normalized spacial score (nSPS) is 14.5. The number of nitrogens with zero attached hydrogens (tertiary/aromatic N) is 1. The van der Waals surface area contributed by atoms with E-state index in [1.807, 2.05) is 18.2 Å². The number of ether oxygens (including phenoxy) is 4. The molecular weight excluding hydrogens is 498 g/mol. The van der Waals surface area contributed by atoms with Crippen LogP contribution < -0.4 is 34.9 Å². The SMILES string of the molecule is COc1ccc(N(CCCC2C(=O)NCCc3cc(OC)c(OC)cc32)C(=O)c2ccc(N)cc2)cc1OC. The average Bonchev–Trinajstić information content (AvgIpc) is 3.11. The van der Waals surface area contributed by atoms with Crippen LogP contribution in [-0.4, -0.2) is 53.3 Å². The maximum atomic E-state index is 13.7. The van der Waals surface area contributed by atoms with E-state index >= 15 is 0 Å². The number of rotatable bonds is 10. The van der Waals surface area contributed by atoms with E-state index in [1.54, 1.807) is 69.7 Å². The number of anilines is 2. The van der Waals surface area contributed by atoms with E-state index in [0.717, 1.165) is 11.1 Å². The minimum absolute atomic E-state index is 0.0384. The lowest BCUT2D eigenvalue weighted by molar-refractivity contribution is -0.122. The smallest absolute Gasteiger partial charge is 0.258 e. The highest BCUT2D eigenvalue weighted by atomic mass is 16.5. The Morgan fingerprint density at radius 1 is 0.897 bits per heavy atom. The van der Waals surface area contributed by atoms with Crippen molar-refractivity contribution in [2.24, 2.45) is 0 Å². The molecule has 4 rings (SSSR count). The number of hydrogen-bond acceptors (Lipinski definition) is 7. The molecule has 3 N–H and O–H groups in total. The first kappa shape index (κ1) is 27.6. The molecule has 9 heteroatoms. The van der Waals surface area contributed by atoms with Gasteiger partial charge in [0.25, 0.3) is 5.91 Å². The molecule has 0 saturated carbocycles. The van der Waals surface area contributed by atoms with Crippen molar-refractivity contribution in [3.8, 4) is 23.0 Å². The van der Waals surface area contributed by atoms with Crippen molar-refractivity contribution in [3.05, 3.63) is 71.3 Å². The van der Waals surface area contributed by atoms with E-state index in [0.29, 0.717) is 72.3 Å². The Hall–Kier alpha value is -4.40. The van der Waals surface area contributed by atoms with Gasteiger partial charge in [0.2, 0.25) is 5.91 Å². The van der Waals surface area contributed by atoms with Gasteiger partial charge in [0.05, 0.1) is 34.4 Å². The summed E-state index contributed by atoms with van der Waals surface area (Å²) in [6.45, 7) is 0.927. The largest absolute Gasteiger partial charge is 0.493 e. The van der Waals surface area contributed by atoms with Gasteiger partial charge in [0, 0.05) is 36.1 Å². The molecule has 0 aromatic heterocycles. The van der Waals surface area contributed by atoms with Crippen LogP contribution >= 0.6 is 0 Å². The van der Waals surface area contributed by atoms with Crippen molar-refractivity contribution in [1.82, 2.24) is 5.32 Å². The lowest BCUT2D eigenvalue weighted by Gasteiger charge is -2.25. The van der Waals surface area contributed by atoms with E-state index < -0.39 is 0 Å². The molecule has 0 radical (unpaired) electrons. The van der Waals surface area contributed by atoms with E-state index in [-0.39, 0.29) is 17.7 Å².